The average Bonchev–Trinajstić information content (AvgIpc) is 2.87. The molecule has 1 aliphatic rings. The molecule has 0 amide bonds. The van der Waals surface area contributed by atoms with Gasteiger partial charge in [-0.25, -0.2) is 4.79 Å². The molecule has 4 nitrogen and oxygen atoms in total. The molecule has 1 rings (SSSR count). The van der Waals surface area contributed by atoms with Crippen LogP contribution in [0, 0.1) is 0 Å². The van der Waals surface area contributed by atoms with Crippen LogP contribution in [-0.4, -0.2) is 36.5 Å². The number of aliphatic hydroxyl groups excluding tert-OH is 1. The highest BCUT2D eigenvalue weighted by molar-refractivity contribution is 5.86. The lowest BCUT2D eigenvalue weighted by molar-refractivity contribution is -0.139. The molecule has 2 atom stereocenters. The van der Waals surface area contributed by atoms with Gasteiger partial charge in [0.2, 0.25) is 0 Å². The molecule has 0 saturated carbocycles. The molecular weight excluding hydrogens is 184 g/mol. The minimum atomic E-state index is -0.444. The monoisotopic (exact) mass is 200 g/mol. The molecule has 0 aromatic carbocycles. The molecule has 0 aromatic heterocycles. The number of ether oxygens (including phenoxy) is 2. The quantitative estimate of drug-likeness (QED) is 0.388. The van der Waals surface area contributed by atoms with Crippen LogP contribution in [0.5, 0.6) is 0 Å². The Hall–Kier alpha value is -0.870. The summed E-state index contributed by atoms with van der Waals surface area (Å²) < 4.78 is 9.80. The second kappa shape index (κ2) is 5.12. The lowest BCUT2D eigenvalue weighted by Crippen LogP contribution is -2.15. The van der Waals surface area contributed by atoms with Crippen molar-refractivity contribution in [3.63, 3.8) is 0 Å². The van der Waals surface area contributed by atoms with Crippen molar-refractivity contribution >= 4 is 5.97 Å². The predicted molar refractivity (Wildman–Crippen MR) is 50.8 cm³/mol. The maximum atomic E-state index is 10.9. The summed E-state index contributed by atoms with van der Waals surface area (Å²) in [7, 11) is 0. The molecule has 1 fully saturated rings. The first-order chi connectivity index (χ1) is 6.59. The van der Waals surface area contributed by atoms with Gasteiger partial charge >= 0.3 is 5.97 Å². The fourth-order valence-corrected chi connectivity index (χ4v) is 1.04. The van der Waals surface area contributed by atoms with Crippen LogP contribution in [0.15, 0.2) is 12.2 Å². The molecule has 0 aromatic rings. The molecule has 1 saturated heterocycles. The second-order valence-corrected chi connectivity index (χ2v) is 3.55. The van der Waals surface area contributed by atoms with Crippen LogP contribution in [0.2, 0.25) is 0 Å². The maximum absolute atomic E-state index is 10.9. The van der Waals surface area contributed by atoms with Crippen LogP contribution in [0.1, 0.15) is 19.8 Å². The van der Waals surface area contributed by atoms with E-state index in [0.717, 1.165) is 6.61 Å². The zero-order valence-corrected chi connectivity index (χ0v) is 8.36. The van der Waals surface area contributed by atoms with Gasteiger partial charge < -0.3 is 14.6 Å². The molecule has 0 radical (unpaired) electrons. The van der Waals surface area contributed by atoms with E-state index in [0.29, 0.717) is 18.4 Å². The van der Waals surface area contributed by atoms with Crippen LogP contribution in [0.4, 0.5) is 0 Å². The van der Waals surface area contributed by atoms with E-state index >= 15 is 0 Å². The zero-order valence-electron chi connectivity index (χ0n) is 8.36. The first-order valence-electron chi connectivity index (χ1n) is 4.72. The van der Waals surface area contributed by atoms with Gasteiger partial charge in [0.05, 0.1) is 25.4 Å². The second-order valence-electron chi connectivity index (χ2n) is 3.55. The SMILES string of the molecule is C=C(C)C(=O)OCCC(O)CC1CO1. The third-order valence-corrected chi connectivity index (χ3v) is 1.97. The van der Waals surface area contributed by atoms with Gasteiger partial charge in [-0.15, -0.1) is 0 Å². The number of epoxide rings is 1. The molecule has 4 heteroatoms. The van der Waals surface area contributed by atoms with E-state index in [9.17, 15) is 9.90 Å². The van der Waals surface area contributed by atoms with Gasteiger partial charge in [-0.3, -0.25) is 0 Å². The van der Waals surface area contributed by atoms with Crippen molar-refractivity contribution in [2.75, 3.05) is 13.2 Å². The van der Waals surface area contributed by atoms with Gasteiger partial charge in [0, 0.05) is 18.4 Å². The zero-order chi connectivity index (χ0) is 10.6. The van der Waals surface area contributed by atoms with Gasteiger partial charge in [-0.2, -0.15) is 0 Å². The first kappa shape index (κ1) is 11.2. The van der Waals surface area contributed by atoms with Crippen LogP contribution >= 0.6 is 0 Å². The third kappa shape index (κ3) is 4.39. The highest BCUT2D eigenvalue weighted by Crippen LogP contribution is 2.16. The van der Waals surface area contributed by atoms with Crippen molar-refractivity contribution in [3.8, 4) is 0 Å². The van der Waals surface area contributed by atoms with E-state index in [1.54, 1.807) is 6.92 Å². The average molecular weight is 200 g/mol. The number of rotatable bonds is 6. The topological polar surface area (TPSA) is 59.1 Å². The molecule has 0 aliphatic carbocycles. The Morgan fingerprint density at radius 3 is 2.93 bits per heavy atom. The minimum absolute atomic E-state index is 0.210. The largest absolute Gasteiger partial charge is 0.462 e. The van der Waals surface area contributed by atoms with Crippen molar-refractivity contribution in [2.24, 2.45) is 0 Å². The molecular formula is C10H16O4. The Bertz CT molecular complexity index is 220. The molecule has 0 spiro atoms. The van der Waals surface area contributed by atoms with E-state index < -0.39 is 12.1 Å². The van der Waals surface area contributed by atoms with Crippen LogP contribution in [-0.2, 0) is 14.3 Å². The van der Waals surface area contributed by atoms with Crippen molar-refractivity contribution in [2.45, 2.75) is 32.0 Å². The molecule has 1 aliphatic heterocycles. The van der Waals surface area contributed by atoms with Crippen LogP contribution < -0.4 is 0 Å². The lowest BCUT2D eigenvalue weighted by Gasteiger charge is -2.09. The Morgan fingerprint density at radius 1 is 1.79 bits per heavy atom. The Kier molecular flexibility index (Phi) is 4.10. The summed E-state index contributed by atoms with van der Waals surface area (Å²) in [6, 6.07) is 0. The van der Waals surface area contributed by atoms with Gasteiger partial charge in [-0.05, 0) is 6.92 Å². The van der Waals surface area contributed by atoms with E-state index in [1.807, 2.05) is 0 Å². The summed E-state index contributed by atoms with van der Waals surface area (Å²) in [6.45, 7) is 6.02. The summed E-state index contributed by atoms with van der Waals surface area (Å²) in [4.78, 5) is 10.9. The third-order valence-electron chi connectivity index (χ3n) is 1.97. The number of esters is 1. The van der Waals surface area contributed by atoms with Gasteiger partial charge in [0.15, 0.2) is 0 Å². The minimum Gasteiger partial charge on any atom is -0.462 e. The van der Waals surface area contributed by atoms with E-state index in [1.165, 1.54) is 0 Å². The Balaban J connectivity index is 2.01. The number of carbonyl (C=O) groups excluding carboxylic acids is 1. The highest BCUT2D eigenvalue weighted by Gasteiger charge is 2.25. The number of hydrogen-bond donors (Lipinski definition) is 1. The highest BCUT2D eigenvalue weighted by atomic mass is 16.6. The van der Waals surface area contributed by atoms with Gasteiger partial charge in [0.1, 0.15) is 0 Å². The normalized spacial score (nSPS) is 21.4. The van der Waals surface area contributed by atoms with Crippen molar-refractivity contribution in [1.29, 1.82) is 0 Å². The standard InChI is InChI=1S/C10H16O4/c1-7(2)10(12)13-4-3-8(11)5-9-6-14-9/h8-9,11H,1,3-6H2,2H3. The fraction of sp³-hybridized carbons (Fsp3) is 0.700. The molecule has 1 N–H and O–H groups in total. The Labute approximate surface area is 83.5 Å². The maximum Gasteiger partial charge on any atom is 0.333 e. The number of hydrogen-bond acceptors (Lipinski definition) is 4. The van der Waals surface area contributed by atoms with E-state index in [-0.39, 0.29) is 12.7 Å². The van der Waals surface area contributed by atoms with Crippen molar-refractivity contribution < 1.29 is 19.4 Å². The van der Waals surface area contributed by atoms with E-state index in [4.69, 9.17) is 9.47 Å². The summed E-state index contributed by atoms with van der Waals surface area (Å²) in [6.07, 6.45) is 0.853. The Morgan fingerprint density at radius 2 is 2.43 bits per heavy atom. The summed E-state index contributed by atoms with van der Waals surface area (Å²) in [5, 5.41) is 9.42. The fourth-order valence-electron chi connectivity index (χ4n) is 1.04. The molecule has 14 heavy (non-hydrogen) atoms. The predicted octanol–water partition coefficient (Wildman–Crippen LogP) is 0.646. The van der Waals surface area contributed by atoms with Gasteiger partial charge in [0.25, 0.3) is 0 Å². The first-order valence-corrected chi connectivity index (χ1v) is 4.72. The number of aliphatic hydroxyl groups is 1. The van der Waals surface area contributed by atoms with E-state index in [2.05, 4.69) is 6.58 Å². The summed E-state index contributed by atoms with van der Waals surface area (Å²) >= 11 is 0. The van der Waals surface area contributed by atoms with Crippen LogP contribution in [0.3, 0.4) is 0 Å². The summed E-state index contributed by atoms with van der Waals surface area (Å²) in [5.41, 5.74) is 0.380. The van der Waals surface area contributed by atoms with Crippen molar-refractivity contribution in [3.05, 3.63) is 12.2 Å². The molecule has 2 unspecified atom stereocenters. The van der Waals surface area contributed by atoms with Crippen LogP contribution in [0.25, 0.3) is 0 Å². The number of carbonyl (C=O) groups is 1. The molecule has 0 bridgehead atoms. The van der Waals surface area contributed by atoms with Crippen molar-refractivity contribution in [1.82, 2.24) is 0 Å². The molecule has 1 heterocycles. The summed E-state index contributed by atoms with van der Waals surface area (Å²) in [5.74, 6) is -0.403. The lowest BCUT2D eigenvalue weighted by atomic mass is 10.1. The van der Waals surface area contributed by atoms with Gasteiger partial charge in [-0.1, -0.05) is 6.58 Å². The molecule has 80 valence electrons. The smallest absolute Gasteiger partial charge is 0.333 e.